The topological polar surface area (TPSA) is 79.4 Å². The Labute approximate surface area is 158 Å². The average Bonchev–Trinajstić information content (AvgIpc) is 2.98. The summed E-state index contributed by atoms with van der Waals surface area (Å²) in [5.41, 5.74) is 1.75. The lowest BCUT2D eigenvalue weighted by Gasteiger charge is -2.34. The zero-order valence-corrected chi connectivity index (χ0v) is 15.5. The quantitative estimate of drug-likeness (QED) is 0.841. The number of benzene rings is 1. The Bertz CT molecular complexity index is 804. The van der Waals surface area contributed by atoms with E-state index in [-0.39, 0.29) is 36.1 Å². The van der Waals surface area contributed by atoms with E-state index in [1.165, 1.54) is 0 Å². The Balaban J connectivity index is 0.00000196. The molecule has 2 aromatic rings. The van der Waals surface area contributed by atoms with Gasteiger partial charge in [0.15, 0.2) is 0 Å². The van der Waals surface area contributed by atoms with E-state index in [1.807, 2.05) is 33.7 Å². The van der Waals surface area contributed by atoms with Gasteiger partial charge in [-0.1, -0.05) is 12.1 Å². The number of imidazole rings is 1. The van der Waals surface area contributed by atoms with Gasteiger partial charge in [-0.05, 0) is 25.0 Å². The Kier molecular flexibility index (Phi) is 6.01. The van der Waals surface area contributed by atoms with Crippen LogP contribution in [0.15, 0.2) is 29.1 Å². The van der Waals surface area contributed by atoms with Crippen molar-refractivity contribution in [2.45, 2.75) is 31.3 Å². The maximum atomic E-state index is 12.5. The molecule has 3 heterocycles. The summed E-state index contributed by atoms with van der Waals surface area (Å²) in [4.78, 5) is 29.7. The lowest BCUT2D eigenvalue weighted by molar-refractivity contribution is -0.133. The number of H-pyrrole nitrogens is 1. The number of ether oxygens (including phenoxy) is 1. The van der Waals surface area contributed by atoms with Crippen molar-refractivity contribution in [3.8, 4) is 0 Å². The van der Waals surface area contributed by atoms with Gasteiger partial charge in [-0.3, -0.25) is 9.36 Å². The monoisotopic (exact) mass is 380 g/mol. The summed E-state index contributed by atoms with van der Waals surface area (Å²) in [5.74, 6) is 0.174. The minimum absolute atomic E-state index is 0. The summed E-state index contributed by atoms with van der Waals surface area (Å²) in [5, 5.41) is 3.33. The van der Waals surface area contributed by atoms with E-state index in [4.69, 9.17) is 4.74 Å². The minimum atomic E-state index is -0.0606. The number of nitrogens with zero attached hydrogens (tertiary/aromatic N) is 2. The highest BCUT2D eigenvalue weighted by Crippen LogP contribution is 2.25. The van der Waals surface area contributed by atoms with Gasteiger partial charge in [0, 0.05) is 38.1 Å². The van der Waals surface area contributed by atoms with Crippen LogP contribution in [0.3, 0.4) is 0 Å². The molecule has 2 N–H and O–H groups in total. The van der Waals surface area contributed by atoms with Crippen molar-refractivity contribution in [2.75, 3.05) is 32.8 Å². The van der Waals surface area contributed by atoms with Crippen LogP contribution < -0.4 is 11.0 Å². The van der Waals surface area contributed by atoms with Crippen LogP contribution in [-0.2, 0) is 9.53 Å². The number of amides is 1. The molecule has 0 bridgehead atoms. The largest absolute Gasteiger partial charge is 0.378 e. The van der Waals surface area contributed by atoms with Gasteiger partial charge < -0.3 is 19.9 Å². The van der Waals surface area contributed by atoms with Gasteiger partial charge in [0.25, 0.3) is 0 Å². The summed E-state index contributed by atoms with van der Waals surface area (Å²) in [7, 11) is 0. The fraction of sp³-hybridized carbons (Fsp3) is 0.556. The van der Waals surface area contributed by atoms with Gasteiger partial charge in [-0.15, -0.1) is 12.4 Å². The van der Waals surface area contributed by atoms with Crippen LogP contribution in [-0.4, -0.2) is 59.2 Å². The minimum Gasteiger partial charge on any atom is -0.378 e. The molecular weight excluding hydrogens is 356 g/mol. The number of para-hydroxylation sites is 2. The molecular formula is C18H25ClN4O3. The zero-order chi connectivity index (χ0) is 17.2. The molecule has 142 valence electrons. The summed E-state index contributed by atoms with van der Waals surface area (Å²) in [6.45, 7) is 3.53. The van der Waals surface area contributed by atoms with Crippen molar-refractivity contribution >= 4 is 29.3 Å². The van der Waals surface area contributed by atoms with Crippen LogP contribution in [0.4, 0.5) is 0 Å². The summed E-state index contributed by atoms with van der Waals surface area (Å²) < 4.78 is 7.27. The Morgan fingerprint density at radius 1 is 1.23 bits per heavy atom. The number of nitrogens with one attached hydrogen (secondary N) is 2. The number of aromatic nitrogens is 2. The molecule has 0 radical (unpaired) electrons. The van der Waals surface area contributed by atoms with Crippen molar-refractivity contribution in [2.24, 2.45) is 0 Å². The Morgan fingerprint density at radius 3 is 2.73 bits per heavy atom. The van der Waals surface area contributed by atoms with Gasteiger partial charge >= 0.3 is 5.69 Å². The maximum Gasteiger partial charge on any atom is 0.326 e. The van der Waals surface area contributed by atoms with E-state index in [1.54, 1.807) is 0 Å². The van der Waals surface area contributed by atoms with Gasteiger partial charge in [0.05, 0.1) is 24.2 Å². The average molecular weight is 381 g/mol. The second-order valence-electron chi connectivity index (χ2n) is 6.86. The first-order chi connectivity index (χ1) is 12.2. The molecule has 2 aliphatic rings. The van der Waals surface area contributed by atoms with Crippen molar-refractivity contribution in [1.29, 1.82) is 0 Å². The first kappa shape index (κ1) is 18.9. The van der Waals surface area contributed by atoms with Gasteiger partial charge in [-0.2, -0.15) is 0 Å². The van der Waals surface area contributed by atoms with Crippen LogP contribution in [0, 0.1) is 0 Å². The number of carbonyl (C=O) groups is 1. The highest BCUT2D eigenvalue weighted by molar-refractivity contribution is 5.85. The molecule has 0 spiro atoms. The molecule has 1 unspecified atom stereocenters. The summed E-state index contributed by atoms with van der Waals surface area (Å²) >= 11 is 0. The number of carbonyl (C=O) groups excluding carboxylic acids is 1. The van der Waals surface area contributed by atoms with E-state index < -0.39 is 0 Å². The molecule has 2 fully saturated rings. The predicted molar refractivity (Wildman–Crippen MR) is 102 cm³/mol. The fourth-order valence-electron chi connectivity index (χ4n) is 3.90. The molecule has 7 nitrogen and oxygen atoms in total. The highest BCUT2D eigenvalue weighted by Gasteiger charge is 2.27. The van der Waals surface area contributed by atoms with Crippen LogP contribution >= 0.6 is 12.4 Å². The van der Waals surface area contributed by atoms with Crippen LogP contribution in [0.1, 0.15) is 25.3 Å². The number of hydrogen-bond acceptors (Lipinski definition) is 4. The van der Waals surface area contributed by atoms with E-state index >= 15 is 0 Å². The van der Waals surface area contributed by atoms with Crippen molar-refractivity contribution in [3.63, 3.8) is 0 Å². The van der Waals surface area contributed by atoms with Gasteiger partial charge in [0.2, 0.25) is 5.91 Å². The molecule has 1 aromatic heterocycles. The Morgan fingerprint density at radius 2 is 2.00 bits per heavy atom. The van der Waals surface area contributed by atoms with Crippen LogP contribution in [0.25, 0.3) is 11.0 Å². The first-order valence-corrected chi connectivity index (χ1v) is 9.00. The highest BCUT2D eigenvalue weighted by atomic mass is 35.5. The number of likely N-dealkylation sites (tertiary alicyclic amines) is 1. The number of hydrogen-bond donors (Lipinski definition) is 2. The third-order valence-corrected chi connectivity index (χ3v) is 5.23. The third kappa shape index (κ3) is 3.79. The molecule has 4 rings (SSSR count). The van der Waals surface area contributed by atoms with E-state index in [2.05, 4.69) is 10.3 Å². The van der Waals surface area contributed by atoms with Crippen LogP contribution in [0.2, 0.25) is 0 Å². The number of fused-ring (bicyclic) bond motifs is 1. The molecule has 0 aliphatic carbocycles. The predicted octanol–water partition coefficient (Wildman–Crippen LogP) is 1.29. The SMILES string of the molecule is Cl.O=C(CC1COCCN1)N1CCC(n2c(=O)[nH]c3ccccc32)CC1. The third-order valence-electron chi connectivity index (χ3n) is 5.23. The van der Waals surface area contributed by atoms with Gasteiger partial charge in [0.1, 0.15) is 0 Å². The lowest BCUT2D eigenvalue weighted by Crippen LogP contribution is -2.47. The number of piperidine rings is 1. The number of morpholine rings is 1. The molecule has 1 amide bonds. The Hall–Kier alpha value is -1.83. The number of rotatable bonds is 3. The molecule has 26 heavy (non-hydrogen) atoms. The standard InChI is InChI=1S/C18H24N4O3.ClH/c23-17(11-13-12-25-10-7-19-13)21-8-5-14(6-9-21)22-16-4-2-1-3-15(16)20-18(22)24;/h1-4,13-14,19H,5-12H2,(H,20,24);1H. The molecule has 1 aromatic carbocycles. The molecule has 8 heteroatoms. The second-order valence-corrected chi connectivity index (χ2v) is 6.86. The first-order valence-electron chi connectivity index (χ1n) is 9.00. The zero-order valence-electron chi connectivity index (χ0n) is 14.6. The fourth-order valence-corrected chi connectivity index (χ4v) is 3.90. The molecule has 0 saturated carbocycles. The van der Waals surface area contributed by atoms with Gasteiger partial charge in [-0.25, -0.2) is 4.79 Å². The number of halogens is 1. The van der Waals surface area contributed by atoms with Crippen molar-refractivity contribution in [3.05, 3.63) is 34.7 Å². The molecule has 2 aliphatic heterocycles. The van der Waals surface area contributed by atoms with E-state index in [0.717, 1.165) is 37.0 Å². The van der Waals surface area contributed by atoms with E-state index in [0.29, 0.717) is 26.1 Å². The molecule has 1 atom stereocenters. The maximum absolute atomic E-state index is 12.5. The normalized spacial score (nSPS) is 21.5. The van der Waals surface area contributed by atoms with Crippen molar-refractivity contribution < 1.29 is 9.53 Å². The smallest absolute Gasteiger partial charge is 0.326 e. The summed E-state index contributed by atoms with van der Waals surface area (Å²) in [6, 6.07) is 8.03. The van der Waals surface area contributed by atoms with Crippen molar-refractivity contribution in [1.82, 2.24) is 19.8 Å². The van der Waals surface area contributed by atoms with Crippen LogP contribution in [0.5, 0.6) is 0 Å². The second kappa shape index (κ2) is 8.24. The number of aromatic amines is 1. The summed E-state index contributed by atoms with van der Waals surface area (Å²) in [6.07, 6.45) is 2.10. The lowest BCUT2D eigenvalue weighted by atomic mass is 10.0. The molecule has 2 saturated heterocycles. The van der Waals surface area contributed by atoms with E-state index in [9.17, 15) is 9.59 Å².